The van der Waals surface area contributed by atoms with E-state index >= 15 is 0 Å². The third-order valence-electron chi connectivity index (χ3n) is 5.42. The molecule has 1 amide bonds. The van der Waals surface area contributed by atoms with Gasteiger partial charge in [-0.15, -0.1) is 0 Å². The van der Waals surface area contributed by atoms with Gasteiger partial charge in [-0.3, -0.25) is 9.78 Å². The van der Waals surface area contributed by atoms with Crippen molar-refractivity contribution in [3.05, 3.63) is 40.6 Å². The largest absolute Gasteiger partial charge is 0.388 e. The molecule has 2 heterocycles. The fraction of sp³-hybridized carbons (Fsp3) is 0.545. The minimum Gasteiger partial charge on any atom is -0.388 e. The SMILES string of the molecule is Cc1cc(C)c2c(C(=O)N3CCC[C@](O)(CN(C)C)CC3)cc(C)nc2c1. The van der Waals surface area contributed by atoms with Crippen molar-refractivity contribution in [2.45, 2.75) is 45.6 Å². The summed E-state index contributed by atoms with van der Waals surface area (Å²) in [7, 11) is 3.95. The monoisotopic (exact) mass is 369 g/mol. The van der Waals surface area contributed by atoms with Crippen LogP contribution in [0.2, 0.25) is 0 Å². The van der Waals surface area contributed by atoms with Gasteiger partial charge < -0.3 is 14.9 Å². The fourth-order valence-electron chi connectivity index (χ4n) is 4.35. The molecule has 146 valence electrons. The quantitative estimate of drug-likeness (QED) is 0.903. The summed E-state index contributed by atoms with van der Waals surface area (Å²) >= 11 is 0. The lowest BCUT2D eigenvalue weighted by Crippen LogP contribution is -2.41. The van der Waals surface area contributed by atoms with Crippen molar-refractivity contribution in [1.82, 2.24) is 14.8 Å². The van der Waals surface area contributed by atoms with Crippen molar-refractivity contribution in [3.8, 4) is 0 Å². The molecule has 0 spiro atoms. The maximum absolute atomic E-state index is 13.4. The van der Waals surface area contributed by atoms with Gasteiger partial charge in [0.25, 0.3) is 5.91 Å². The number of amides is 1. The summed E-state index contributed by atoms with van der Waals surface area (Å²) < 4.78 is 0. The molecule has 0 aliphatic carbocycles. The Labute approximate surface area is 162 Å². The lowest BCUT2D eigenvalue weighted by atomic mass is 9.94. The summed E-state index contributed by atoms with van der Waals surface area (Å²) in [6.45, 7) is 7.93. The zero-order valence-electron chi connectivity index (χ0n) is 17.2. The van der Waals surface area contributed by atoms with Gasteiger partial charge in [-0.05, 0) is 77.4 Å². The van der Waals surface area contributed by atoms with Crippen LogP contribution in [0.1, 0.15) is 46.4 Å². The maximum atomic E-state index is 13.4. The van der Waals surface area contributed by atoms with E-state index in [1.165, 1.54) is 0 Å². The topological polar surface area (TPSA) is 56.7 Å². The van der Waals surface area contributed by atoms with Gasteiger partial charge in [0.2, 0.25) is 0 Å². The number of benzene rings is 1. The highest BCUT2D eigenvalue weighted by atomic mass is 16.3. The first-order valence-corrected chi connectivity index (χ1v) is 9.73. The van der Waals surface area contributed by atoms with Gasteiger partial charge in [0.1, 0.15) is 0 Å². The number of nitrogens with zero attached hydrogens (tertiary/aromatic N) is 3. The van der Waals surface area contributed by atoms with Crippen LogP contribution in [0.4, 0.5) is 0 Å². The molecule has 27 heavy (non-hydrogen) atoms. The van der Waals surface area contributed by atoms with E-state index < -0.39 is 5.60 Å². The second-order valence-electron chi connectivity index (χ2n) is 8.40. The molecule has 0 saturated carbocycles. The molecule has 1 atom stereocenters. The van der Waals surface area contributed by atoms with Gasteiger partial charge in [0.15, 0.2) is 0 Å². The van der Waals surface area contributed by atoms with Crippen LogP contribution >= 0.6 is 0 Å². The first-order valence-electron chi connectivity index (χ1n) is 9.73. The Morgan fingerprint density at radius 1 is 1.19 bits per heavy atom. The van der Waals surface area contributed by atoms with Crippen LogP contribution in [-0.4, -0.2) is 65.1 Å². The number of rotatable bonds is 3. The molecule has 1 aliphatic rings. The van der Waals surface area contributed by atoms with Crippen LogP contribution in [0, 0.1) is 20.8 Å². The third kappa shape index (κ3) is 4.30. The Balaban J connectivity index is 1.92. The Bertz CT molecular complexity index is 857. The maximum Gasteiger partial charge on any atom is 0.254 e. The molecule has 1 saturated heterocycles. The molecule has 1 N–H and O–H groups in total. The zero-order valence-corrected chi connectivity index (χ0v) is 17.2. The lowest BCUT2D eigenvalue weighted by Gasteiger charge is -2.30. The minimum absolute atomic E-state index is 0.0477. The third-order valence-corrected chi connectivity index (χ3v) is 5.42. The predicted octanol–water partition coefficient (Wildman–Crippen LogP) is 3.08. The van der Waals surface area contributed by atoms with Crippen LogP contribution in [0.5, 0.6) is 0 Å². The number of carbonyl (C=O) groups is 1. The fourth-order valence-corrected chi connectivity index (χ4v) is 4.35. The second kappa shape index (κ2) is 7.56. The van der Waals surface area contributed by atoms with Crippen molar-refractivity contribution in [2.75, 3.05) is 33.7 Å². The molecular weight excluding hydrogens is 338 g/mol. The number of likely N-dealkylation sites (tertiary alicyclic amines) is 1. The van der Waals surface area contributed by atoms with E-state index in [0.717, 1.165) is 46.1 Å². The highest BCUT2D eigenvalue weighted by molar-refractivity contribution is 6.07. The van der Waals surface area contributed by atoms with Gasteiger partial charge in [-0.25, -0.2) is 0 Å². The van der Waals surface area contributed by atoms with Crippen molar-refractivity contribution >= 4 is 16.8 Å². The van der Waals surface area contributed by atoms with Crippen LogP contribution in [0.25, 0.3) is 10.9 Å². The average molecular weight is 370 g/mol. The summed E-state index contributed by atoms with van der Waals surface area (Å²) in [5.74, 6) is 0.0477. The summed E-state index contributed by atoms with van der Waals surface area (Å²) in [6, 6.07) is 6.06. The summed E-state index contributed by atoms with van der Waals surface area (Å²) in [5.41, 5.74) is 3.99. The molecule has 2 aromatic rings. The van der Waals surface area contributed by atoms with Gasteiger partial charge in [-0.1, -0.05) is 6.07 Å². The number of hydrogen-bond donors (Lipinski definition) is 1. The average Bonchev–Trinajstić information content (AvgIpc) is 2.73. The molecular formula is C22H31N3O2. The number of carbonyl (C=O) groups excluding carboxylic acids is 1. The van der Waals surface area contributed by atoms with E-state index in [0.29, 0.717) is 26.1 Å². The molecule has 1 aromatic heterocycles. The van der Waals surface area contributed by atoms with Crippen LogP contribution in [0.3, 0.4) is 0 Å². The summed E-state index contributed by atoms with van der Waals surface area (Å²) in [5, 5.41) is 11.8. The second-order valence-corrected chi connectivity index (χ2v) is 8.40. The molecule has 5 nitrogen and oxygen atoms in total. The number of hydrogen-bond acceptors (Lipinski definition) is 4. The Hall–Kier alpha value is -1.98. The molecule has 0 unspecified atom stereocenters. The highest BCUT2D eigenvalue weighted by Gasteiger charge is 2.32. The van der Waals surface area contributed by atoms with Crippen molar-refractivity contribution in [2.24, 2.45) is 0 Å². The van der Waals surface area contributed by atoms with E-state index in [4.69, 9.17) is 0 Å². The number of likely N-dealkylation sites (N-methyl/N-ethyl adjacent to an activating group) is 1. The number of aliphatic hydroxyl groups is 1. The molecule has 1 fully saturated rings. The first-order chi connectivity index (χ1) is 12.7. The van der Waals surface area contributed by atoms with Gasteiger partial charge in [0, 0.05) is 30.7 Å². The first kappa shape index (κ1) is 19.8. The lowest BCUT2D eigenvalue weighted by molar-refractivity contribution is 0.00305. The van der Waals surface area contributed by atoms with Crippen molar-refractivity contribution in [3.63, 3.8) is 0 Å². The number of aromatic nitrogens is 1. The Morgan fingerprint density at radius 3 is 2.63 bits per heavy atom. The van der Waals surface area contributed by atoms with Crippen LogP contribution in [0.15, 0.2) is 18.2 Å². The minimum atomic E-state index is -0.720. The van der Waals surface area contributed by atoms with E-state index in [1.54, 1.807) is 0 Å². The standard InChI is InChI=1S/C22H31N3O2/c1-15-11-16(2)20-18(13-17(3)23-19(20)12-15)21(26)25-9-6-7-22(27,8-10-25)14-24(4)5/h11-13,27H,6-10,14H2,1-5H3/t22-/m1/s1. The number of fused-ring (bicyclic) bond motifs is 1. The smallest absolute Gasteiger partial charge is 0.254 e. The molecule has 5 heteroatoms. The highest BCUT2D eigenvalue weighted by Crippen LogP contribution is 2.28. The molecule has 0 radical (unpaired) electrons. The van der Waals surface area contributed by atoms with Crippen molar-refractivity contribution in [1.29, 1.82) is 0 Å². The molecule has 1 aliphatic heterocycles. The molecule has 0 bridgehead atoms. The van der Waals surface area contributed by atoms with E-state index in [-0.39, 0.29) is 5.91 Å². The van der Waals surface area contributed by atoms with Crippen molar-refractivity contribution < 1.29 is 9.90 Å². The van der Waals surface area contributed by atoms with Gasteiger partial charge in [-0.2, -0.15) is 0 Å². The van der Waals surface area contributed by atoms with Crippen LogP contribution < -0.4 is 0 Å². The normalized spacial score (nSPS) is 20.9. The predicted molar refractivity (Wildman–Crippen MR) is 109 cm³/mol. The van der Waals surface area contributed by atoms with Crippen LogP contribution in [-0.2, 0) is 0 Å². The zero-order chi connectivity index (χ0) is 19.8. The number of aryl methyl sites for hydroxylation is 3. The van der Waals surface area contributed by atoms with E-state index in [1.807, 2.05) is 49.9 Å². The van der Waals surface area contributed by atoms with Gasteiger partial charge >= 0.3 is 0 Å². The van der Waals surface area contributed by atoms with E-state index in [2.05, 4.69) is 18.0 Å². The number of pyridine rings is 1. The Kier molecular flexibility index (Phi) is 5.54. The Morgan fingerprint density at radius 2 is 1.93 bits per heavy atom. The summed E-state index contributed by atoms with van der Waals surface area (Å²) in [4.78, 5) is 22.0. The summed E-state index contributed by atoms with van der Waals surface area (Å²) in [6.07, 6.45) is 2.15. The molecule has 3 rings (SSSR count). The van der Waals surface area contributed by atoms with Gasteiger partial charge in [0.05, 0.1) is 16.7 Å². The van der Waals surface area contributed by atoms with E-state index in [9.17, 15) is 9.90 Å². The molecule has 1 aromatic carbocycles.